The van der Waals surface area contributed by atoms with Crippen molar-refractivity contribution in [1.82, 2.24) is 0 Å². The van der Waals surface area contributed by atoms with Crippen molar-refractivity contribution in [3.63, 3.8) is 0 Å². The van der Waals surface area contributed by atoms with Crippen molar-refractivity contribution in [3.05, 3.63) is 0 Å². The van der Waals surface area contributed by atoms with Crippen LogP contribution in [0.2, 0.25) is 0 Å². The van der Waals surface area contributed by atoms with Crippen molar-refractivity contribution in [2.75, 3.05) is 0 Å². The molecule has 0 aromatic carbocycles. The first-order valence-corrected chi connectivity index (χ1v) is 4.42. The molecule has 12 heavy (non-hydrogen) atoms. The van der Waals surface area contributed by atoms with Crippen LogP contribution in [0.15, 0.2) is 0 Å². The largest absolute Gasteiger partial charge is 0.394 e. The molecule has 0 aromatic rings. The Hall–Kier alpha value is -0.210. The molecule has 1 fully saturated rings. The van der Waals surface area contributed by atoms with Crippen molar-refractivity contribution in [2.45, 2.75) is 45.7 Å². The highest BCUT2D eigenvalue weighted by Gasteiger charge is 2.51. The summed E-state index contributed by atoms with van der Waals surface area (Å²) in [5.74, 6) is 0.473. The Bertz CT molecular complexity index is 152. The summed E-state index contributed by atoms with van der Waals surface area (Å²) in [6, 6.07) is 0. The summed E-state index contributed by atoms with van der Waals surface area (Å²) in [7, 11) is 0. The molecule has 0 nitrogen and oxygen atoms in total. The van der Waals surface area contributed by atoms with Crippen molar-refractivity contribution >= 4 is 0 Å². The molecule has 0 aromatic heterocycles. The van der Waals surface area contributed by atoms with Crippen LogP contribution in [0.25, 0.3) is 0 Å². The average molecular weight is 180 g/mol. The van der Waals surface area contributed by atoms with Crippen molar-refractivity contribution in [3.8, 4) is 0 Å². The SMILES string of the molecule is CC1CCC(C)(C(F)(F)F)CC1. The van der Waals surface area contributed by atoms with E-state index in [1.807, 2.05) is 6.92 Å². The lowest BCUT2D eigenvalue weighted by atomic mass is 9.72. The van der Waals surface area contributed by atoms with E-state index in [2.05, 4.69) is 0 Å². The molecular weight excluding hydrogens is 165 g/mol. The Morgan fingerprint density at radius 2 is 1.58 bits per heavy atom. The first-order valence-electron chi connectivity index (χ1n) is 4.42. The molecule has 0 bridgehead atoms. The van der Waals surface area contributed by atoms with Gasteiger partial charge >= 0.3 is 6.18 Å². The molecule has 3 heteroatoms. The highest BCUT2D eigenvalue weighted by molar-refractivity contribution is 4.86. The predicted molar refractivity (Wildman–Crippen MR) is 41.8 cm³/mol. The molecule has 1 rings (SSSR count). The quantitative estimate of drug-likeness (QED) is 0.532. The maximum Gasteiger partial charge on any atom is 0.394 e. The molecule has 1 aliphatic carbocycles. The standard InChI is InChI=1S/C9H15F3/c1-7-3-5-8(2,6-4-7)9(10,11)12/h7H,3-6H2,1-2H3. The Balaban J connectivity index is 2.62. The second kappa shape index (κ2) is 2.93. The lowest BCUT2D eigenvalue weighted by Crippen LogP contribution is -2.38. The first-order chi connectivity index (χ1) is 5.35. The van der Waals surface area contributed by atoms with Gasteiger partial charge in [0.15, 0.2) is 0 Å². The van der Waals surface area contributed by atoms with E-state index < -0.39 is 11.6 Å². The minimum Gasteiger partial charge on any atom is -0.171 e. The minimum absolute atomic E-state index is 0.303. The molecule has 1 saturated carbocycles. The van der Waals surface area contributed by atoms with Gasteiger partial charge in [-0.25, -0.2) is 0 Å². The molecule has 0 amide bonds. The average Bonchev–Trinajstić information content (AvgIpc) is 1.93. The van der Waals surface area contributed by atoms with Gasteiger partial charge in [0.1, 0.15) is 0 Å². The summed E-state index contributed by atoms with van der Waals surface area (Å²) >= 11 is 0. The normalized spacial score (nSPS) is 38.2. The van der Waals surface area contributed by atoms with Crippen LogP contribution in [0.5, 0.6) is 0 Å². The summed E-state index contributed by atoms with van der Waals surface area (Å²) in [6.07, 6.45) is -1.96. The molecule has 0 atom stereocenters. The van der Waals surface area contributed by atoms with Gasteiger partial charge in [0.2, 0.25) is 0 Å². The van der Waals surface area contributed by atoms with Gasteiger partial charge < -0.3 is 0 Å². The van der Waals surface area contributed by atoms with Crippen molar-refractivity contribution in [1.29, 1.82) is 0 Å². The van der Waals surface area contributed by atoms with Crippen LogP contribution >= 0.6 is 0 Å². The molecule has 0 aliphatic heterocycles. The number of hydrogen-bond acceptors (Lipinski definition) is 0. The Morgan fingerprint density at radius 1 is 1.17 bits per heavy atom. The number of halogens is 3. The molecule has 0 radical (unpaired) electrons. The highest BCUT2D eigenvalue weighted by atomic mass is 19.4. The van der Waals surface area contributed by atoms with Gasteiger partial charge in [-0.1, -0.05) is 13.8 Å². The predicted octanol–water partition coefficient (Wildman–Crippen LogP) is 3.77. The van der Waals surface area contributed by atoms with Crippen molar-refractivity contribution < 1.29 is 13.2 Å². The number of rotatable bonds is 0. The van der Waals surface area contributed by atoms with Crippen molar-refractivity contribution in [2.24, 2.45) is 11.3 Å². The first kappa shape index (κ1) is 9.87. The third-order valence-corrected chi connectivity index (χ3v) is 3.06. The molecular formula is C9H15F3. The Kier molecular flexibility index (Phi) is 2.41. The second-order valence-electron chi connectivity index (χ2n) is 4.24. The van der Waals surface area contributed by atoms with Crippen LogP contribution in [0, 0.1) is 11.3 Å². The summed E-state index contributed by atoms with van der Waals surface area (Å²) in [6.45, 7) is 3.37. The van der Waals surface area contributed by atoms with E-state index in [1.54, 1.807) is 0 Å². The molecule has 0 N–H and O–H groups in total. The maximum atomic E-state index is 12.5. The van der Waals surface area contributed by atoms with E-state index in [4.69, 9.17) is 0 Å². The van der Waals surface area contributed by atoms with Gasteiger partial charge in [0.25, 0.3) is 0 Å². The third-order valence-electron chi connectivity index (χ3n) is 3.06. The van der Waals surface area contributed by atoms with E-state index in [-0.39, 0.29) is 0 Å². The van der Waals surface area contributed by atoms with Crippen LogP contribution < -0.4 is 0 Å². The van der Waals surface area contributed by atoms with E-state index in [9.17, 15) is 13.2 Å². The second-order valence-corrected chi connectivity index (χ2v) is 4.24. The molecule has 0 unspecified atom stereocenters. The van der Waals surface area contributed by atoms with E-state index in [0.29, 0.717) is 18.8 Å². The summed E-state index contributed by atoms with van der Waals surface area (Å²) in [5, 5.41) is 0. The summed E-state index contributed by atoms with van der Waals surface area (Å²) < 4.78 is 37.4. The molecule has 72 valence electrons. The highest BCUT2D eigenvalue weighted by Crippen LogP contribution is 2.49. The molecule has 0 heterocycles. The molecule has 1 aliphatic rings. The van der Waals surface area contributed by atoms with Crippen LogP contribution in [0.4, 0.5) is 13.2 Å². The topological polar surface area (TPSA) is 0 Å². The summed E-state index contributed by atoms with van der Waals surface area (Å²) in [4.78, 5) is 0. The maximum absolute atomic E-state index is 12.5. The third kappa shape index (κ3) is 1.75. The Morgan fingerprint density at radius 3 is 1.92 bits per heavy atom. The van der Waals surface area contributed by atoms with Gasteiger partial charge in [0.05, 0.1) is 5.41 Å². The lowest BCUT2D eigenvalue weighted by molar-refractivity contribution is -0.229. The fourth-order valence-electron chi connectivity index (χ4n) is 1.68. The van der Waals surface area contributed by atoms with Crippen LogP contribution in [0.1, 0.15) is 39.5 Å². The van der Waals surface area contributed by atoms with Gasteiger partial charge in [-0.15, -0.1) is 0 Å². The van der Waals surface area contributed by atoms with Crippen LogP contribution in [0.3, 0.4) is 0 Å². The smallest absolute Gasteiger partial charge is 0.171 e. The molecule has 0 saturated heterocycles. The van der Waals surface area contributed by atoms with E-state index in [1.165, 1.54) is 6.92 Å². The zero-order valence-corrected chi connectivity index (χ0v) is 7.54. The van der Waals surface area contributed by atoms with Gasteiger partial charge in [-0.05, 0) is 31.6 Å². The lowest BCUT2D eigenvalue weighted by Gasteiger charge is -2.37. The van der Waals surface area contributed by atoms with E-state index in [0.717, 1.165) is 12.8 Å². The zero-order valence-electron chi connectivity index (χ0n) is 7.54. The summed E-state index contributed by atoms with van der Waals surface area (Å²) in [5.41, 5.74) is -1.40. The van der Waals surface area contributed by atoms with Gasteiger partial charge in [0, 0.05) is 0 Å². The fourth-order valence-corrected chi connectivity index (χ4v) is 1.68. The Labute approximate surface area is 71.1 Å². The number of hydrogen-bond donors (Lipinski definition) is 0. The number of alkyl halides is 3. The van der Waals surface area contributed by atoms with Crippen LogP contribution in [-0.2, 0) is 0 Å². The zero-order chi connectivity index (χ0) is 9.41. The van der Waals surface area contributed by atoms with Gasteiger partial charge in [-0.2, -0.15) is 13.2 Å². The fraction of sp³-hybridized carbons (Fsp3) is 1.00. The molecule has 0 spiro atoms. The van der Waals surface area contributed by atoms with Gasteiger partial charge in [-0.3, -0.25) is 0 Å². The minimum atomic E-state index is -4.01. The monoisotopic (exact) mass is 180 g/mol. The van der Waals surface area contributed by atoms with E-state index >= 15 is 0 Å². The van der Waals surface area contributed by atoms with Crippen LogP contribution in [-0.4, -0.2) is 6.18 Å².